The third-order valence-electron chi connectivity index (χ3n) is 13.1. The molecule has 3 aromatic carbocycles. The number of rotatable bonds is 15. The number of ether oxygens (including phenoxy) is 1. The molecule has 314 valence electrons. The molecule has 2 bridgehead atoms. The van der Waals surface area contributed by atoms with Crippen molar-refractivity contribution in [3.05, 3.63) is 89.0 Å². The van der Waals surface area contributed by atoms with Crippen LogP contribution in [0.4, 0.5) is 0 Å². The summed E-state index contributed by atoms with van der Waals surface area (Å²) in [5, 5.41) is 29.3. The Bertz CT molecular complexity index is 1930. The summed E-state index contributed by atoms with van der Waals surface area (Å²) in [6, 6.07) is 19.4. The number of aliphatic hydroxyl groups is 2. The molecule has 3 aliphatic carbocycles. The van der Waals surface area contributed by atoms with Gasteiger partial charge in [0.2, 0.25) is 11.8 Å². The highest BCUT2D eigenvalue weighted by atomic mass is 16.7. The second kappa shape index (κ2) is 17.9. The molecule has 1 saturated heterocycles. The first-order chi connectivity index (χ1) is 27.5. The van der Waals surface area contributed by atoms with E-state index >= 15 is 0 Å². The van der Waals surface area contributed by atoms with E-state index in [1.165, 1.54) is 11.3 Å². The molecule has 4 fully saturated rings. The summed E-state index contributed by atoms with van der Waals surface area (Å²) in [5.74, 6) is 0.467. The Morgan fingerprint density at radius 2 is 1.72 bits per heavy atom. The molecule has 3 saturated carbocycles. The Kier molecular flexibility index (Phi) is 13.3. The van der Waals surface area contributed by atoms with Crippen LogP contribution in [0.3, 0.4) is 0 Å². The molecule has 58 heavy (non-hydrogen) atoms. The topological polar surface area (TPSA) is 144 Å². The minimum absolute atomic E-state index is 0.0160. The highest BCUT2D eigenvalue weighted by Crippen LogP contribution is 2.61. The summed E-state index contributed by atoms with van der Waals surface area (Å²) < 4.78 is 6.10. The quantitative estimate of drug-likeness (QED) is 0.175. The minimum atomic E-state index is -0.924. The van der Waals surface area contributed by atoms with Crippen LogP contribution >= 0.6 is 0 Å². The number of carbonyl (C=O) groups is 3. The van der Waals surface area contributed by atoms with Gasteiger partial charge >= 0.3 is 0 Å². The monoisotopic (exact) mass is 797 g/mol. The van der Waals surface area contributed by atoms with Gasteiger partial charge in [0.05, 0.1) is 26.4 Å². The normalized spacial score (nSPS) is 26.0. The third kappa shape index (κ3) is 8.96. The van der Waals surface area contributed by atoms with Crippen LogP contribution in [0.15, 0.2) is 66.7 Å². The SMILES string of the molecule is COc1c(CN2O[C@@H](CO)[C@@H]([C@H](C)O)[C@H]2C(=O)N[C@H]2C[C@H]3C[C@@H]([C@@H]2C)C3(C)C)cccc1-c1cc(CN(C)C)cc(C(=O)N[C@@H](Cc2ccccc2)C(=O)N(C)C)c1. The van der Waals surface area contributed by atoms with Gasteiger partial charge in [0.1, 0.15) is 23.9 Å². The van der Waals surface area contributed by atoms with Crippen molar-refractivity contribution in [1.29, 1.82) is 0 Å². The van der Waals surface area contributed by atoms with Gasteiger partial charge in [-0.2, -0.15) is 5.06 Å². The summed E-state index contributed by atoms with van der Waals surface area (Å²) >= 11 is 0. The van der Waals surface area contributed by atoms with Crippen molar-refractivity contribution in [2.75, 3.05) is 41.9 Å². The summed E-state index contributed by atoms with van der Waals surface area (Å²) in [6.07, 6.45) is 0.733. The van der Waals surface area contributed by atoms with Crippen molar-refractivity contribution in [2.24, 2.45) is 29.1 Å². The molecular weight excluding hydrogens is 735 g/mol. The number of hydroxylamine groups is 2. The van der Waals surface area contributed by atoms with Crippen LogP contribution in [0.5, 0.6) is 5.75 Å². The van der Waals surface area contributed by atoms with Crippen LogP contribution in [0.25, 0.3) is 11.1 Å². The second-order valence-electron chi connectivity index (χ2n) is 17.8. The van der Waals surface area contributed by atoms with E-state index in [1.54, 1.807) is 39.3 Å². The fraction of sp³-hybridized carbons (Fsp3) is 0.543. The number of likely N-dealkylation sites (N-methyl/N-ethyl adjacent to an activating group) is 1. The molecule has 0 unspecified atom stereocenters. The van der Waals surface area contributed by atoms with E-state index in [0.717, 1.165) is 34.2 Å². The maximum absolute atomic E-state index is 14.3. The lowest BCUT2D eigenvalue weighted by molar-refractivity contribution is -0.183. The fourth-order valence-corrected chi connectivity index (χ4v) is 9.87. The Hall–Kier alpha value is -4.33. The van der Waals surface area contributed by atoms with Crippen molar-refractivity contribution < 1.29 is 34.2 Å². The molecule has 0 spiro atoms. The Labute approximate surface area is 343 Å². The summed E-state index contributed by atoms with van der Waals surface area (Å²) in [6.45, 7) is 8.85. The molecule has 0 radical (unpaired) electrons. The van der Waals surface area contributed by atoms with Crippen molar-refractivity contribution in [3.63, 3.8) is 0 Å². The first-order valence-electron chi connectivity index (χ1n) is 20.6. The van der Waals surface area contributed by atoms with Gasteiger partial charge in [0.15, 0.2) is 0 Å². The number of nitrogens with zero attached hydrogens (tertiary/aromatic N) is 3. The van der Waals surface area contributed by atoms with Gasteiger partial charge < -0.3 is 35.4 Å². The zero-order chi connectivity index (χ0) is 42.1. The van der Waals surface area contributed by atoms with Crippen molar-refractivity contribution in [2.45, 2.75) is 90.4 Å². The van der Waals surface area contributed by atoms with Crippen LogP contribution < -0.4 is 15.4 Å². The van der Waals surface area contributed by atoms with E-state index in [0.29, 0.717) is 42.0 Å². The van der Waals surface area contributed by atoms with E-state index < -0.39 is 30.2 Å². The number of fused-ring (bicyclic) bond motifs is 2. The van der Waals surface area contributed by atoms with Gasteiger partial charge in [-0.05, 0) is 91.9 Å². The van der Waals surface area contributed by atoms with Crippen molar-refractivity contribution >= 4 is 17.7 Å². The summed E-state index contributed by atoms with van der Waals surface area (Å²) in [4.78, 5) is 51.5. The van der Waals surface area contributed by atoms with Crippen LogP contribution in [0.2, 0.25) is 0 Å². The number of methoxy groups -OCH3 is 1. The molecule has 3 amide bonds. The largest absolute Gasteiger partial charge is 0.496 e. The Morgan fingerprint density at radius 3 is 2.33 bits per heavy atom. The molecule has 4 aliphatic rings. The lowest BCUT2D eigenvalue weighted by Crippen LogP contribution is -2.62. The van der Waals surface area contributed by atoms with Crippen LogP contribution in [0.1, 0.15) is 67.6 Å². The number of carbonyl (C=O) groups excluding carboxylic acids is 3. The molecule has 9 atom stereocenters. The predicted octanol–water partition coefficient (Wildman–Crippen LogP) is 4.51. The van der Waals surface area contributed by atoms with Crippen LogP contribution in [-0.2, 0) is 33.9 Å². The van der Waals surface area contributed by atoms with Gasteiger partial charge in [-0.25, -0.2) is 0 Å². The van der Waals surface area contributed by atoms with E-state index in [9.17, 15) is 24.6 Å². The maximum Gasteiger partial charge on any atom is 0.251 e. The number of nitrogens with one attached hydrogen (secondary N) is 2. The Balaban J connectivity index is 1.30. The van der Waals surface area contributed by atoms with Gasteiger partial charge in [0, 0.05) is 55.7 Å². The predicted molar refractivity (Wildman–Crippen MR) is 223 cm³/mol. The first kappa shape index (κ1) is 43.3. The van der Waals surface area contributed by atoms with Gasteiger partial charge in [-0.15, -0.1) is 0 Å². The van der Waals surface area contributed by atoms with Crippen LogP contribution in [0, 0.1) is 29.1 Å². The summed E-state index contributed by atoms with van der Waals surface area (Å²) in [5.41, 5.74) is 4.67. The van der Waals surface area contributed by atoms with Gasteiger partial charge in [0.25, 0.3) is 5.91 Å². The number of benzene rings is 3. The number of para-hydroxylation sites is 1. The maximum atomic E-state index is 14.3. The second-order valence-corrected chi connectivity index (χ2v) is 17.8. The fourth-order valence-electron chi connectivity index (χ4n) is 9.87. The minimum Gasteiger partial charge on any atom is -0.496 e. The summed E-state index contributed by atoms with van der Waals surface area (Å²) in [7, 11) is 8.86. The Morgan fingerprint density at radius 1 is 1.00 bits per heavy atom. The zero-order valence-corrected chi connectivity index (χ0v) is 35.6. The number of aliphatic hydroxyl groups excluding tert-OH is 2. The molecule has 12 heteroatoms. The highest BCUT2D eigenvalue weighted by Gasteiger charge is 2.57. The van der Waals surface area contributed by atoms with E-state index in [1.807, 2.05) is 79.7 Å². The number of hydrogen-bond donors (Lipinski definition) is 4. The lowest BCUT2D eigenvalue weighted by Gasteiger charge is -2.62. The van der Waals surface area contributed by atoms with Crippen molar-refractivity contribution in [1.82, 2.24) is 25.5 Å². The average molecular weight is 798 g/mol. The first-order valence-corrected chi connectivity index (χ1v) is 20.6. The zero-order valence-electron chi connectivity index (χ0n) is 35.6. The molecule has 1 heterocycles. The number of hydrogen-bond acceptors (Lipinski definition) is 9. The van der Waals surface area contributed by atoms with Gasteiger partial charge in [-0.1, -0.05) is 69.3 Å². The van der Waals surface area contributed by atoms with E-state index in [-0.39, 0.29) is 42.3 Å². The highest BCUT2D eigenvalue weighted by molar-refractivity contribution is 5.99. The molecule has 1 aliphatic heterocycles. The standard InChI is InChI=1S/C46H63N5O7/c1-27-36-22-34(46(36,3)4)23-37(27)47-44(55)41-40(28(2)53)39(26-52)58-51(41)25-31-16-13-17-35(42(31)57-9)32-18-30(24-49(5)6)19-33(21-32)43(54)48-38(45(56)50(7)8)20-29-14-11-10-12-15-29/h10-19,21,27-28,34,36-41,52-53H,20,22-26H2,1-9H3,(H,47,55)(H,48,54)/t27-,28-,34+,36-,37-,38-,39-,40+,41-/m0/s1. The van der Waals surface area contributed by atoms with Crippen LogP contribution in [-0.4, -0.2) is 115 Å². The molecule has 3 aromatic rings. The third-order valence-corrected chi connectivity index (χ3v) is 13.1. The number of amides is 3. The van der Waals surface area contributed by atoms with E-state index in [2.05, 4.69) is 31.4 Å². The van der Waals surface area contributed by atoms with Crippen molar-refractivity contribution in [3.8, 4) is 16.9 Å². The average Bonchev–Trinajstić information content (AvgIpc) is 3.56. The molecule has 12 nitrogen and oxygen atoms in total. The molecular formula is C46H63N5O7. The molecule has 4 N–H and O–H groups in total. The smallest absolute Gasteiger partial charge is 0.251 e. The van der Waals surface area contributed by atoms with Gasteiger partial charge in [-0.3, -0.25) is 19.2 Å². The molecule has 7 rings (SSSR count). The van der Waals surface area contributed by atoms with E-state index in [4.69, 9.17) is 9.57 Å². The lowest BCUT2D eigenvalue weighted by atomic mass is 9.45. The molecule has 0 aromatic heterocycles.